The molecule has 3 aliphatic heterocycles. The summed E-state index contributed by atoms with van der Waals surface area (Å²) in [6.45, 7) is 4.25. The van der Waals surface area contributed by atoms with Crippen LogP contribution in [0.5, 0.6) is 5.75 Å². The maximum Gasteiger partial charge on any atom is 0.234 e. The van der Waals surface area contributed by atoms with E-state index in [9.17, 15) is 9.59 Å². The van der Waals surface area contributed by atoms with E-state index in [1.807, 2.05) is 49.5 Å². The Morgan fingerprint density at radius 3 is 2.48 bits per heavy atom. The molecule has 5 rings (SSSR count). The topological polar surface area (TPSA) is 49.9 Å². The number of halogens is 1. The van der Waals surface area contributed by atoms with Gasteiger partial charge in [-0.3, -0.25) is 14.5 Å². The fraction of sp³-hybridized carbons (Fsp3) is 0.304. The van der Waals surface area contributed by atoms with Crippen molar-refractivity contribution in [2.24, 2.45) is 0 Å². The molecule has 2 aromatic rings. The van der Waals surface area contributed by atoms with Crippen molar-refractivity contribution in [3.05, 3.63) is 58.6 Å². The smallest absolute Gasteiger partial charge is 0.234 e. The number of fused-ring (bicyclic) bond motifs is 2. The van der Waals surface area contributed by atoms with Gasteiger partial charge in [0.15, 0.2) is 0 Å². The van der Waals surface area contributed by atoms with Gasteiger partial charge >= 0.3 is 0 Å². The SMILES string of the molecule is CN1c2ccc(N3C(=O)CCC3=O)cc2C(C)(C)C12C=Cc1cc(Cl)ccc1O2. The zero-order chi connectivity index (χ0) is 20.6. The second-order valence-electron chi connectivity index (χ2n) is 8.32. The number of carbonyl (C=O) groups is 2. The van der Waals surface area contributed by atoms with Gasteiger partial charge in [-0.25, -0.2) is 0 Å². The van der Waals surface area contributed by atoms with Crippen molar-refractivity contribution in [3.63, 3.8) is 0 Å². The predicted octanol–water partition coefficient (Wildman–Crippen LogP) is 4.52. The maximum absolute atomic E-state index is 12.2. The highest BCUT2D eigenvalue weighted by atomic mass is 35.5. The molecule has 2 amide bonds. The molecular weight excluding hydrogens is 388 g/mol. The molecule has 3 aliphatic rings. The van der Waals surface area contributed by atoms with Crippen LogP contribution in [0.4, 0.5) is 11.4 Å². The van der Waals surface area contributed by atoms with E-state index in [0.717, 1.165) is 22.6 Å². The number of ether oxygens (including phenoxy) is 1. The zero-order valence-corrected chi connectivity index (χ0v) is 17.3. The number of rotatable bonds is 1. The summed E-state index contributed by atoms with van der Waals surface area (Å²) in [5, 5.41) is 0.667. The van der Waals surface area contributed by atoms with Crippen LogP contribution in [0.1, 0.15) is 37.8 Å². The van der Waals surface area contributed by atoms with Crippen LogP contribution in [-0.2, 0) is 15.0 Å². The molecule has 0 bridgehead atoms. The molecule has 29 heavy (non-hydrogen) atoms. The first-order valence-electron chi connectivity index (χ1n) is 9.66. The van der Waals surface area contributed by atoms with Crippen molar-refractivity contribution in [2.45, 2.75) is 37.8 Å². The average molecular weight is 409 g/mol. The van der Waals surface area contributed by atoms with Gasteiger partial charge in [0.1, 0.15) is 5.75 Å². The van der Waals surface area contributed by atoms with Crippen LogP contribution in [0.3, 0.4) is 0 Å². The number of nitrogens with zero attached hydrogens (tertiary/aromatic N) is 2. The molecule has 1 fully saturated rings. The molecule has 6 heteroatoms. The van der Waals surface area contributed by atoms with E-state index in [0.29, 0.717) is 10.7 Å². The summed E-state index contributed by atoms with van der Waals surface area (Å²) in [7, 11) is 2.00. The van der Waals surface area contributed by atoms with Crippen molar-refractivity contribution in [1.82, 2.24) is 0 Å². The van der Waals surface area contributed by atoms with Gasteiger partial charge in [-0.1, -0.05) is 11.6 Å². The fourth-order valence-corrected chi connectivity index (χ4v) is 4.96. The minimum atomic E-state index is -0.728. The van der Waals surface area contributed by atoms with Gasteiger partial charge in [0.05, 0.1) is 11.1 Å². The third kappa shape index (κ3) is 2.34. The minimum absolute atomic E-state index is 0.145. The Hall–Kier alpha value is -2.79. The second-order valence-corrected chi connectivity index (χ2v) is 8.76. The zero-order valence-electron chi connectivity index (χ0n) is 16.5. The lowest BCUT2D eigenvalue weighted by Crippen LogP contribution is -2.58. The van der Waals surface area contributed by atoms with E-state index in [1.54, 1.807) is 0 Å². The Labute approximate surface area is 174 Å². The van der Waals surface area contributed by atoms with E-state index < -0.39 is 11.1 Å². The van der Waals surface area contributed by atoms with Gasteiger partial charge in [0, 0.05) is 36.2 Å². The minimum Gasteiger partial charge on any atom is -0.463 e. The van der Waals surface area contributed by atoms with Gasteiger partial charge in [-0.2, -0.15) is 0 Å². The molecule has 1 unspecified atom stereocenters. The van der Waals surface area contributed by atoms with Gasteiger partial charge in [0.2, 0.25) is 17.5 Å². The summed E-state index contributed by atoms with van der Waals surface area (Å²) < 4.78 is 6.59. The lowest BCUT2D eigenvalue weighted by atomic mass is 9.76. The molecule has 148 valence electrons. The first kappa shape index (κ1) is 18.3. The lowest BCUT2D eigenvalue weighted by Gasteiger charge is -2.45. The summed E-state index contributed by atoms with van der Waals surface area (Å²) in [6.07, 6.45) is 4.66. The molecule has 0 radical (unpaired) electrons. The standard InChI is InChI=1S/C23H21ClN2O3/c1-22(2)17-13-16(26-20(27)8-9-21(26)28)5-6-18(17)25(3)23(22)11-10-14-12-15(24)4-7-19(14)29-23/h4-7,10-13H,8-9H2,1-3H3. The Balaban J connectivity index is 1.61. The van der Waals surface area contributed by atoms with E-state index in [-0.39, 0.29) is 24.7 Å². The summed E-state index contributed by atoms with van der Waals surface area (Å²) in [6, 6.07) is 11.4. The quantitative estimate of drug-likeness (QED) is 0.651. The van der Waals surface area contributed by atoms with E-state index in [2.05, 4.69) is 24.8 Å². The third-order valence-corrected chi connectivity index (χ3v) is 6.68. The first-order chi connectivity index (χ1) is 13.7. The number of carbonyl (C=O) groups excluding carboxylic acids is 2. The normalized spacial score (nSPS) is 24.1. The predicted molar refractivity (Wildman–Crippen MR) is 113 cm³/mol. The molecule has 0 aliphatic carbocycles. The van der Waals surface area contributed by atoms with Crippen LogP contribution in [-0.4, -0.2) is 24.6 Å². The average Bonchev–Trinajstić information content (AvgIpc) is 3.10. The highest BCUT2D eigenvalue weighted by Gasteiger charge is 2.57. The molecule has 2 aromatic carbocycles. The highest BCUT2D eigenvalue weighted by molar-refractivity contribution is 6.30. The van der Waals surface area contributed by atoms with Crippen LogP contribution < -0.4 is 14.5 Å². The van der Waals surface area contributed by atoms with Gasteiger partial charge < -0.3 is 9.64 Å². The number of benzene rings is 2. The summed E-state index contributed by atoms with van der Waals surface area (Å²) in [4.78, 5) is 27.9. The van der Waals surface area contributed by atoms with E-state index >= 15 is 0 Å². The van der Waals surface area contributed by atoms with Gasteiger partial charge in [0.25, 0.3) is 0 Å². The van der Waals surface area contributed by atoms with Crippen molar-refractivity contribution in [2.75, 3.05) is 16.8 Å². The number of hydrogen-bond donors (Lipinski definition) is 0. The van der Waals surface area contributed by atoms with Crippen molar-refractivity contribution in [3.8, 4) is 5.75 Å². The van der Waals surface area contributed by atoms with Crippen LogP contribution in [0, 0.1) is 0 Å². The largest absolute Gasteiger partial charge is 0.463 e. The Kier molecular flexibility index (Phi) is 3.69. The molecule has 1 spiro atoms. The van der Waals surface area contributed by atoms with Crippen LogP contribution in [0.2, 0.25) is 5.02 Å². The van der Waals surface area contributed by atoms with E-state index in [4.69, 9.17) is 16.3 Å². The third-order valence-electron chi connectivity index (χ3n) is 6.44. The van der Waals surface area contributed by atoms with Crippen molar-refractivity contribution >= 4 is 40.9 Å². The van der Waals surface area contributed by atoms with Crippen molar-refractivity contribution in [1.29, 1.82) is 0 Å². The number of anilines is 2. The van der Waals surface area contributed by atoms with Crippen LogP contribution >= 0.6 is 11.6 Å². The summed E-state index contributed by atoms with van der Waals surface area (Å²) in [5.74, 6) is 0.483. The number of hydrogen-bond acceptors (Lipinski definition) is 4. The highest BCUT2D eigenvalue weighted by Crippen LogP contribution is 2.55. The molecular formula is C23H21ClN2O3. The summed E-state index contributed by atoms with van der Waals surface area (Å²) >= 11 is 6.13. The number of amides is 2. The maximum atomic E-state index is 12.2. The number of imide groups is 1. The van der Waals surface area contributed by atoms with E-state index in [1.165, 1.54) is 4.90 Å². The first-order valence-corrected chi connectivity index (χ1v) is 10.0. The van der Waals surface area contributed by atoms with Gasteiger partial charge in [-0.15, -0.1) is 0 Å². The summed E-state index contributed by atoms with van der Waals surface area (Å²) in [5.41, 5.74) is 2.45. The molecule has 3 heterocycles. The second kappa shape index (κ2) is 5.86. The lowest BCUT2D eigenvalue weighted by molar-refractivity contribution is -0.121. The number of likely N-dealkylation sites (N-methyl/N-ethyl adjacent to an activating group) is 1. The van der Waals surface area contributed by atoms with Gasteiger partial charge in [-0.05, 0) is 68.0 Å². The molecule has 1 saturated heterocycles. The monoisotopic (exact) mass is 408 g/mol. The molecule has 0 saturated carbocycles. The van der Waals surface area contributed by atoms with Crippen molar-refractivity contribution < 1.29 is 14.3 Å². The Morgan fingerprint density at radius 1 is 1.03 bits per heavy atom. The van der Waals surface area contributed by atoms with Crippen LogP contribution in [0.15, 0.2) is 42.5 Å². The molecule has 1 atom stereocenters. The fourth-order valence-electron chi connectivity index (χ4n) is 4.77. The molecule has 5 nitrogen and oxygen atoms in total. The Morgan fingerprint density at radius 2 is 1.76 bits per heavy atom. The molecule has 0 N–H and O–H groups in total. The molecule has 0 aromatic heterocycles. The van der Waals surface area contributed by atoms with Crippen LogP contribution in [0.25, 0.3) is 6.08 Å². The Bertz CT molecular complexity index is 1090.